The number of carbonyl (C=O) groups excluding carboxylic acids is 3. The molecule has 0 saturated heterocycles. The third-order valence-electron chi connectivity index (χ3n) is 4.25. The van der Waals surface area contributed by atoms with Crippen LogP contribution in [0, 0.1) is 19.7 Å². The van der Waals surface area contributed by atoms with Crippen LogP contribution in [0.4, 0.5) is 9.39 Å². The first-order chi connectivity index (χ1) is 12.3. The smallest absolute Gasteiger partial charge is 0.341 e. The van der Waals surface area contributed by atoms with Gasteiger partial charge in [-0.3, -0.25) is 4.79 Å². The van der Waals surface area contributed by atoms with Crippen molar-refractivity contribution in [2.45, 2.75) is 26.4 Å². The number of fused-ring (bicyclic) bond motifs is 1. The van der Waals surface area contributed by atoms with E-state index in [1.807, 2.05) is 6.92 Å². The maximum atomic E-state index is 13.4. The minimum atomic E-state index is -1.11. The van der Waals surface area contributed by atoms with Gasteiger partial charge >= 0.3 is 11.9 Å². The van der Waals surface area contributed by atoms with Crippen molar-refractivity contribution in [1.29, 1.82) is 0 Å². The SMILES string of the molecule is COC(=O)c1c(NC(=O)C2Cc3cc(F)ccc3C(=O)O2)sc(C)c1C. The van der Waals surface area contributed by atoms with E-state index in [4.69, 9.17) is 9.47 Å². The van der Waals surface area contributed by atoms with Crippen molar-refractivity contribution in [3.63, 3.8) is 0 Å². The molecule has 136 valence electrons. The Kier molecular flexibility index (Phi) is 4.78. The van der Waals surface area contributed by atoms with Crippen LogP contribution in [0.2, 0.25) is 0 Å². The van der Waals surface area contributed by atoms with Crippen molar-refractivity contribution in [2.24, 2.45) is 0 Å². The third-order valence-corrected chi connectivity index (χ3v) is 5.37. The van der Waals surface area contributed by atoms with E-state index < -0.39 is 29.8 Å². The molecule has 1 aromatic carbocycles. The predicted molar refractivity (Wildman–Crippen MR) is 93.1 cm³/mol. The summed E-state index contributed by atoms with van der Waals surface area (Å²) in [6.07, 6.45) is -1.05. The molecule has 0 bridgehead atoms. The number of carbonyl (C=O) groups is 3. The van der Waals surface area contributed by atoms with E-state index in [0.29, 0.717) is 16.1 Å². The van der Waals surface area contributed by atoms with E-state index in [-0.39, 0.29) is 17.5 Å². The molecular formula is C18H16FNO5S. The largest absolute Gasteiger partial charge is 0.465 e. The monoisotopic (exact) mass is 377 g/mol. The highest BCUT2D eigenvalue weighted by Gasteiger charge is 2.33. The number of nitrogens with one attached hydrogen (secondary N) is 1. The Bertz CT molecular complexity index is 921. The number of hydrogen-bond acceptors (Lipinski definition) is 6. The van der Waals surface area contributed by atoms with E-state index in [2.05, 4.69) is 5.32 Å². The van der Waals surface area contributed by atoms with Gasteiger partial charge in [0.1, 0.15) is 10.8 Å². The average molecular weight is 377 g/mol. The summed E-state index contributed by atoms with van der Waals surface area (Å²) in [5, 5.41) is 2.96. The number of anilines is 1. The van der Waals surface area contributed by atoms with Gasteiger partial charge in [-0.2, -0.15) is 0 Å². The molecule has 6 nitrogen and oxygen atoms in total. The highest BCUT2D eigenvalue weighted by atomic mass is 32.1. The molecule has 3 rings (SSSR count). The lowest BCUT2D eigenvalue weighted by Crippen LogP contribution is -2.38. The van der Waals surface area contributed by atoms with Crippen LogP contribution >= 0.6 is 11.3 Å². The summed E-state index contributed by atoms with van der Waals surface area (Å²) in [6, 6.07) is 3.72. The number of thiophene rings is 1. The molecule has 2 heterocycles. The van der Waals surface area contributed by atoms with Gasteiger partial charge in [0.2, 0.25) is 0 Å². The van der Waals surface area contributed by atoms with Crippen LogP contribution in [0.1, 0.15) is 36.7 Å². The number of amides is 1. The second-order valence-corrected chi connectivity index (χ2v) is 7.09. The highest BCUT2D eigenvalue weighted by molar-refractivity contribution is 7.16. The second kappa shape index (κ2) is 6.87. The van der Waals surface area contributed by atoms with Crippen molar-refractivity contribution in [3.8, 4) is 0 Å². The quantitative estimate of drug-likeness (QED) is 0.832. The molecule has 2 aromatic rings. The lowest BCUT2D eigenvalue weighted by Gasteiger charge is -2.23. The van der Waals surface area contributed by atoms with Crippen molar-refractivity contribution in [1.82, 2.24) is 0 Å². The maximum absolute atomic E-state index is 13.4. The Morgan fingerprint density at radius 2 is 2.08 bits per heavy atom. The lowest BCUT2D eigenvalue weighted by atomic mass is 9.98. The van der Waals surface area contributed by atoms with Crippen molar-refractivity contribution in [3.05, 3.63) is 51.1 Å². The number of halogens is 1. The number of benzene rings is 1. The molecule has 1 N–H and O–H groups in total. The first-order valence-corrected chi connectivity index (χ1v) is 8.62. The molecule has 1 atom stereocenters. The molecule has 0 fully saturated rings. The van der Waals surface area contributed by atoms with E-state index in [9.17, 15) is 18.8 Å². The van der Waals surface area contributed by atoms with E-state index >= 15 is 0 Å². The molecule has 0 saturated carbocycles. The molecule has 1 unspecified atom stereocenters. The number of ether oxygens (including phenoxy) is 2. The van der Waals surface area contributed by atoms with Crippen LogP contribution in [-0.2, 0) is 20.7 Å². The zero-order valence-electron chi connectivity index (χ0n) is 14.3. The van der Waals surface area contributed by atoms with Crippen molar-refractivity contribution >= 4 is 34.2 Å². The fourth-order valence-corrected chi connectivity index (χ4v) is 3.82. The van der Waals surface area contributed by atoms with Gasteiger partial charge in [0.25, 0.3) is 5.91 Å². The Balaban J connectivity index is 1.85. The topological polar surface area (TPSA) is 81.7 Å². The highest BCUT2D eigenvalue weighted by Crippen LogP contribution is 2.33. The van der Waals surface area contributed by atoms with Gasteiger partial charge in [-0.25, -0.2) is 14.0 Å². The summed E-state index contributed by atoms with van der Waals surface area (Å²) < 4.78 is 23.4. The zero-order valence-corrected chi connectivity index (χ0v) is 15.2. The molecular weight excluding hydrogens is 361 g/mol. The summed E-state index contributed by atoms with van der Waals surface area (Å²) in [4.78, 5) is 37.5. The van der Waals surface area contributed by atoms with E-state index in [1.165, 1.54) is 36.6 Å². The molecule has 0 radical (unpaired) electrons. The predicted octanol–water partition coefficient (Wildman–Crippen LogP) is 3.01. The molecule has 26 heavy (non-hydrogen) atoms. The minimum absolute atomic E-state index is 0.0571. The zero-order chi connectivity index (χ0) is 19.0. The maximum Gasteiger partial charge on any atom is 0.341 e. The van der Waals surface area contributed by atoms with Crippen LogP contribution in [0.5, 0.6) is 0 Å². The molecule has 1 amide bonds. The number of aryl methyl sites for hydroxylation is 1. The summed E-state index contributed by atoms with van der Waals surface area (Å²) in [6.45, 7) is 3.58. The average Bonchev–Trinajstić information content (AvgIpc) is 2.87. The Morgan fingerprint density at radius 1 is 1.35 bits per heavy atom. The Hall–Kier alpha value is -2.74. The Labute approximate surface area is 152 Å². The molecule has 1 aromatic heterocycles. The summed E-state index contributed by atoms with van der Waals surface area (Å²) in [5.41, 5.74) is 1.64. The van der Waals surface area contributed by atoms with Gasteiger partial charge in [0, 0.05) is 11.3 Å². The normalized spacial score (nSPS) is 15.8. The second-order valence-electron chi connectivity index (χ2n) is 5.87. The van der Waals surface area contributed by atoms with Gasteiger partial charge < -0.3 is 14.8 Å². The Morgan fingerprint density at radius 3 is 2.77 bits per heavy atom. The molecule has 0 aliphatic carbocycles. The van der Waals surface area contributed by atoms with Crippen molar-refractivity contribution in [2.75, 3.05) is 12.4 Å². The van der Waals surface area contributed by atoms with Crippen molar-refractivity contribution < 1.29 is 28.2 Å². The van der Waals surface area contributed by atoms with Gasteiger partial charge in [0.15, 0.2) is 6.10 Å². The van der Waals surface area contributed by atoms with Crippen LogP contribution < -0.4 is 5.32 Å². The number of methoxy groups -OCH3 is 1. The van der Waals surface area contributed by atoms with Gasteiger partial charge in [0.05, 0.1) is 18.2 Å². The third kappa shape index (κ3) is 3.20. The van der Waals surface area contributed by atoms with Gasteiger partial charge in [-0.1, -0.05) is 0 Å². The van der Waals surface area contributed by atoms with Gasteiger partial charge in [-0.15, -0.1) is 11.3 Å². The van der Waals surface area contributed by atoms with Crippen LogP contribution in [-0.4, -0.2) is 31.1 Å². The molecule has 1 aliphatic heterocycles. The molecule has 1 aliphatic rings. The number of rotatable bonds is 3. The first-order valence-electron chi connectivity index (χ1n) is 7.80. The lowest BCUT2D eigenvalue weighted by molar-refractivity contribution is -0.125. The summed E-state index contributed by atoms with van der Waals surface area (Å²) >= 11 is 1.23. The fraction of sp³-hybridized carbons (Fsp3) is 0.278. The van der Waals surface area contributed by atoms with Crippen LogP contribution in [0.25, 0.3) is 0 Å². The minimum Gasteiger partial charge on any atom is -0.465 e. The van der Waals surface area contributed by atoms with E-state index in [0.717, 1.165) is 4.88 Å². The van der Waals surface area contributed by atoms with Gasteiger partial charge in [-0.05, 0) is 43.2 Å². The number of cyclic esters (lactones) is 1. The molecule has 0 spiro atoms. The van der Waals surface area contributed by atoms with Crippen LogP contribution in [0.15, 0.2) is 18.2 Å². The number of hydrogen-bond donors (Lipinski definition) is 1. The fourth-order valence-electron chi connectivity index (χ4n) is 2.77. The van der Waals surface area contributed by atoms with E-state index in [1.54, 1.807) is 6.92 Å². The standard InChI is InChI=1S/C18H16FNO5S/c1-8-9(2)26-16(14(8)18(23)24-3)20-15(21)13-7-10-6-11(19)4-5-12(10)17(22)25-13/h4-6,13H,7H2,1-3H3,(H,20,21). The summed E-state index contributed by atoms with van der Waals surface area (Å²) in [5.74, 6) is -2.32. The molecule has 8 heteroatoms. The summed E-state index contributed by atoms with van der Waals surface area (Å²) in [7, 11) is 1.26. The first kappa shape index (κ1) is 18.1. The number of esters is 2. The van der Waals surface area contributed by atoms with Crippen LogP contribution in [0.3, 0.4) is 0 Å².